The van der Waals surface area contributed by atoms with E-state index < -0.39 is 0 Å². The van der Waals surface area contributed by atoms with E-state index in [1.54, 1.807) is 0 Å². The van der Waals surface area contributed by atoms with Crippen molar-refractivity contribution in [3.8, 4) is 0 Å². The third-order valence-corrected chi connectivity index (χ3v) is 10.7. The van der Waals surface area contributed by atoms with Crippen molar-refractivity contribution in [3.63, 3.8) is 0 Å². The molecular formula is C47H94O5. The van der Waals surface area contributed by atoms with E-state index in [1.807, 2.05) is 0 Å². The highest BCUT2D eigenvalue weighted by Gasteiger charge is 2.32. The van der Waals surface area contributed by atoms with Crippen molar-refractivity contribution < 1.29 is 23.7 Å². The van der Waals surface area contributed by atoms with E-state index in [1.165, 1.54) is 193 Å². The minimum Gasteiger partial charge on any atom is -0.381 e. The normalized spacial score (nSPS) is 11.9. The van der Waals surface area contributed by atoms with Crippen LogP contribution in [0.3, 0.4) is 0 Å². The molecule has 0 saturated carbocycles. The first-order valence-electron chi connectivity index (χ1n) is 23.5. The number of unbranched alkanes of at least 4 members (excludes halogenated alkanes) is 30. The van der Waals surface area contributed by atoms with Crippen LogP contribution in [0.1, 0.15) is 239 Å². The maximum atomic E-state index is 11.0. The number of carbonyl (C=O) groups is 1. The van der Waals surface area contributed by atoms with Crippen LogP contribution < -0.4 is 0 Å². The van der Waals surface area contributed by atoms with Gasteiger partial charge in [0.2, 0.25) is 0 Å². The van der Waals surface area contributed by atoms with Gasteiger partial charge >= 0.3 is 0 Å². The van der Waals surface area contributed by atoms with Crippen LogP contribution in [0.5, 0.6) is 0 Å². The highest BCUT2D eigenvalue weighted by Crippen LogP contribution is 2.23. The number of hydrogen-bond acceptors (Lipinski definition) is 5. The molecule has 0 radical (unpaired) electrons. The van der Waals surface area contributed by atoms with Crippen LogP contribution in [0.25, 0.3) is 0 Å². The van der Waals surface area contributed by atoms with Crippen LogP contribution in [0.15, 0.2) is 0 Å². The fraction of sp³-hybridized carbons (Fsp3) is 0.979. The van der Waals surface area contributed by atoms with Crippen molar-refractivity contribution in [1.29, 1.82) is 0 Å². The Labute approximate surface area is 326 Å². The molecule has 0 N–H and O–H groups in total. The van der Waals surface area contributed by atoms with E-state index in [2.05, 4.69) is 20.8 Å². The average molecular weight is 739 g/mol. The molecule has 0 bridgehead atoms. The lowest BCUT2D eigenvalue weighted by Crippen LogP contribution is -2.42. The molecule has 0 rings (SSSR count). The maximum absolute atomic E-state index is 11.0. The van der Waals surface area contributed by atoms with Crippen LogP contribution in [-0.2, 0) is 23.7 Å². The predicted molar refractivity (Wildman–Crippen MR) is 226 cm³/mol. The Bertz CT molecular complexity index is 582. The van der Waals surface area contributed by atoms with Gasteiger partial charge in [-0.1, -0.05) is 213 Å². The number of ether oxygens (including phenoxy) is 4. The first-order valence-corrected chi connectivity index (χ1v) is 23.5. The summed E-state index contributed by atoms with van der Waals surface area (Å²) in [5, 5.41) is 0. The zero-order valence-electron chi connectivity index (χ0n) is 35.8. The summed E-state index contributed by atoms with van der Waals surface area (Å²) in [6.45, 7) is 11.9. The molecule has 312 valence electrons. The molecule has 0 spiro atoms. The van der Waals surface area contributed by atoms with Crippen molar-refractivity contribution in [2.75, 3.05) is 52.9 Å². The van der Waals surface area contributed by atoms with E-state index in [-0.39, 0.29) is 5.41 Å². The van der Waals surface area contributed by atoms with E-state index in [0.29, 0.717) is 39.5 Å². The molecule has 0 aliphatic heterocycles. The number of carbonyl (C=O) groups excluding carboxylic acids is 1. The van der Waals surface area contributed by atoms with E-state index in [9.17, 15) is 4.79 Å². The summed E-state index contributed by atoms with van der Waals surface area (Å²) >= 11 is 0. The van der Waals surface area contributed by atoms with Crippen LogP contribution in [-0.4, -0.2) is 59.1 Å². The molecule has 0 aliphatic carbocycles. The van der Waals surface area contributed by atoms with Gasteiger partial charge in [0.25, 0.3) is 0 Å². The molecule has 0 fully saturated rings. The largest absolute Gasteiger partial charge is 0.381 e. The molecule has 0 aliphatic rings. The molecule has 0 saturated heterocycles. The van der Waals surface area contributed by atoms with Crippen molar-refractivity contribution in [2.24, 2.45) is 5.41 Å². The van der Waals surface area contributed by atoms with Gasteiger partial charge in [-0.15, -0.1) is 0 Å². The smallest absolute Gasteiger partial charge is 0.122 e. The Hall–Kier alpha value is -0.490. The lowest BCUT2D eigenvalue weighted by atomic mass is 9.92. The van der Waals surface area contributed by atoms with E-state index in [0.717, 1.165) is 45.4 Å². The summed E-state index contributed by atoms with van der Waals surface area (Å²) in [6.07, 6.45) is 45.5. The van der Waals surface area contributed by atoms with Crippen molar-refractivity contribution in [3.05, 3.63) is 0 Å². The van der Waals surface area contributed by atoms with E-state index in [4.69, 9.17) is 18.9 Å². The van der Waals surface area contributed by atoms with Gasteiger partial charge in [-0.3, -0.25) is 0 Å². The van der Waals surface area contributed by atoms with Crippen molar-refractivity contribution in [1.82, 2.24) is 0 Å². The van der Waals surface area contributed by atoms with Crippen LogP contribution in [0, 0.1) is 5.41 Å². The predicted octanol–water partition coefficient (Wildman–Crippen LogP) is 14.6. The van der Waals surface area contributed by atoms with Gasteiger partial charge in [-0.2, -0.15) is 0 Å². The van der Waals surface area contributed by atoms with Crippen molar-refractivity contribution in [2.45, 2.75) is 239 Å². The molecule has 5 nitrogen and oxygen atoms in total. The van der Waals surface area contributed by atoms with Gasteiger partial charge in [0.1, 0.15) is 6.29 Å². The lowest BCUT2D eigenvalue weighted by molar-refractivity contribution is -0.115. The average Bonchev–Trinajstić information content (AvgIpc) is 3.15. The van der Waals surface area contributed by atoms with Crippen molar-refractivity contribution >= 4 is 6.29 Å². The van der Waals surface area contributed by atoms with Gasteiger partial charge in [-0.25, -0.2) is 0 Å². The standard InChI is InChI=1S/C47H94O5/c1-4-7-10-13-16-19-22-25-28-31-34-39-49-43-47(46-52-42-37-38-48,44-50-40-35-32-29-26-23-20-17-14-11-8-5-2)45-51-41-36-33-30-27-24-21-18-15-12-9-6-3/h38H,4-37,39-46H2,1-3H3. The maximum Gasteiger partial charge on any atom is 0.122 e. The molecule has 0 unspecified atom stereocenters. The third kappa shape index (κ3) is 39.2. The Morgan fingerprint density at radius 2 is 0.519 bits per heavy atom. The lowest BCUT2D eigenvalue weighted by Gasteiger charge is -2.33. The number of hydrogen-bond donors (Lipinski definition) is 0. The summed E-state index contributed by atoms with van der Waals surface area (Å²) in [7, 11) is 0. The Morgan fingerprint density at radius 3 is 0.750 bits per heavy atom. The van der Waals surface area contributed by atoms with Gasteiger partial charge in [-0.05, 0) is 19.3 Å². The fourth-order valence-electron chi connectivity index (χ4n) is 7.14. The number of rotatable bonds is 47. The second kappa shape index (κ2) is 44.9. The molecule has 0 amide bonds. The molecular weight excluding hydrogens is 645 g/mol. The second-order valence-corrected chi connectivity index (χ2v) is 16.3. The topological polar surface area (TPSA) is 54.0 Å². The summed E-state index contributed by atoms with van der Waals surface area (Å²) in [5.74, 6) is 0. The van der Waals surface area contributed by atoms with E-state index >= 15 is 0 Å². The second-order valence-electron chi connectivity index (χ2n) is 16.3. The monoisotopic (exact) mass is 739 g/mol. The minimum absolute atomic E-state index is 0.337. The first-order chi connectivity index (χ1) is 25.7. The zero-order chi connectivity index (χ0) is 37.7. The Balaban J connectivity index is 4.62. The minimum atomic E-state index is -0.337. The molecule has 0 aromatic carbocycles. The molecule has 0 atom stereocenters. The number of aldehydes is 1. The van der Waals surface area contributed by atoms with Gasteiger partial charge in [0, 0.05) is 26.2 Å². The fourth-order valence-corrected chi connectivity index (χ4v) is 7.14. The van der Waals surface area contributed by atoms with Gasteiger partial charge in [0.05, 0.1) is 38.4 Å². The molecule has 5 heteroatoms. The summed E-state index contributed by atoms with van der Waals surface area (Å²) in [4.78, 5) is 11.0. The Kier molecular flexibility index (Phi) is 44.5. The van der Waals surface area contributed by atoms with Crippen LogP contribution in [0.2, 0.25) is 0 Å². The molecule has 0 aromatic rings. The summed E-state index contributed by atoms with van der Waals surface area (Å²) in [5.41, 5.74) is -0.337. The van der Waals surface area contributed by atoms with Crippen LogP contribution in [0.4, 0.5) is 0 Å². The highest BCUT2D eigenvalue weighted by molar-refractivity contribution is 5.49. The zero-order valence-corrected chi connectivity index (χ0v) is 35.8. The van der Waals surface area contributed by atoms with Gasteiger partial charge in [0.15, 0.2) is 0 Å². The molecule has 0 heterocycles. The molecule has 52 heavy (non-hydrogen) atoms. The molecule has 0 aromatic heterocycles. The first kappa shape index (κ1) is 51.5. The SMILES string of the molecule is CCCCCCCCCCCCCOCC(COCCC=O)(COCCCCCCCCCCCCC)COCCCCCCCCCCCCC. The third-order valence-electron chi connectivity index (χ3n) is 10.7. The summed E-state index contributed by atoms with van der Waals surface area (Å²) < 4.78 is 25.1. The summed E-state index contributed by atoms with van der Waals surface area (Å²) in [6, 6.07) is 0. The Morgan fingerprint density at radius 1 is 0.308 bits per heavy atom. The van der Waals surface area contributed by atoms with Gasteiger partial charge < -0.3 is 23.7 Å². The highest BCUT2D eigenvalue weighted by atomic mass is 16.5. The van der Waals surface area contributed by atoms with Crippen LogP contribution >= 0.6 is 0 Å². The quantitative estimate of drug-likeness (QED) is 0.0460.